The molecule has 1 aliphatic heterocycles. The van der Waals surface area contributed by atoms with Crippen LogP contribution in [-0.2, 0) is 16.1 Å². The number of carbonyl (C=O) groups is 2. The van der Waals surface area contributed by atoms with Crippen LogP contribution in [0.15, 0.2) is 42.5 Å². The van der Waals surface area contributed by atoms with Gasteiger partial charge in [-0.25, -0.2) is 0 Å². The molecule has 5 nitrogen and oxygen atoms in total. The molecule has 5 heteroatoms. The summed E-state index contributed by atoms with van der Waals surface area (Å²) >= 11 is 0. The van der Waals surface area contributed by atoms with Gasteiger partial charge in [-0.3, -0.25) is 14.5 Å². The van der Waals surface area contributed by atoms with E-state index in [2.05, 4.69) is 58.0 Å². The standard InChI is InChI=1S/C26H35N3O2/c30-25(27-21-8-4-5-9-21)23-19-10-11-20(16-19)24(23)26(31)28-22-12-14-29(15-13-22)17-18-6-2-1-3-7-18/h1-3,6-7,10-11,19-24H,4-5,8-9,12-17H2,(H,27,30)(H,28,31). The van der Waals surface area contributed by atoms with Crippen LogP contribution in [0.4, 0.5) is 0 Å². The van der Waals surface area contributed by atoms with Gasteiger partial charge in [-0.15, -0.1) is 0 Å². The zero-order chi connectivity index (χ0) is 21.2. The van der Waals surface area contributed by atoms with Crippen molar-refractivity contribution in [3.8, 4) is 0 Å². The summed E-state index contributed by atoms with van der Waals surface area (Å²) in [4.78, 5) is 28.8. The number of allylic oxidation sites excluding steroid dienone is 2. The summed E-state index contributed by atoms with van der Waals surface area (Å²) in [7, 11) is 0. The first-order valence-corrected chi connectivity index (χ1v) is 12.2. The highest BCUT2D eigenvalue weighted by Crippen LogP contribution is 2.48. The number of amides is 2. The van der Waals surface area contributed by atoms with Crippen molar-refractivity contribution >= 4 is 11.8 Å². The molecule has 0 aromatic heterocycles. The zero-order valence-electron chi connectivity index (χ0n) is 18.3. The molecule has 4 aliphatic rings. The highest BCUT2D eigenvalue weighted by molar-refractivity contribution is 5.90. The highest BCUT2D eigenvalue weighted by atomic mass is 16.2. The van der Waals surface area contributed by atoms with Crippen molar-refractivity contribution in [2.45, 2.75) is 63.6 Å². The molecule has 2 bridgehead atoms. The molecule has 0 radical (unpaired) electrons. The molecule has 4 unspecified atom stereocenters. The highest BCUT2D eigenvalue weighted by Gasteiger charge is 2.51. The van der Waals surface area contributed by atoms with Crippen molar-refractivity contribution in [1.29, 1.82) is 0 Å². The maximum Gasteiger partial charge on any atom is 0.224 e. The Labute approximate surface area is 185 Å². The van der Waals surface area contributed by atoms with Crippen LogP contribution in [0.5, 0.6) is 0 Å². The first-order chi connectivity index (χ1) is 15.2. The van der Waals surface area contributed by atoms with Gasteiger partial charge >= 0.3 is 0 Å². The largest absolute Gasteiger partial charge is 0.353 e. The van der Waals surface area contributed by atoms with Crippen LogP contribution >= 0.6 is 0 Å². The molecule has 31 heavy (non-hydrogen) atoms. The lowest BCUT2D eigenvalue weighted by molar-refractivity contribution is -0.136. The second-order valence-corrected chi connectivity index (χ2v) is 10.0. The molecule has 1 aromatic rings. The van der Waals surface area contributed by atoms with Gasteiger partial charge in [-0.2, -0.15) is 0 Å². The molecule has 2 saturated carbocycles. The number of likely N-dealkylation sites (tertiary alicyclic amines) is 1. The number of rotatable bonds is 6. The third-order valence-corrected chi connectivity index (χ3v) is 7.95. The zero-order valence-corrected chi connectivity index (χ0v) is 18.3. The molecule has 2 amide bonds. The van der Waals surface area contributed by atoms with Gasteiger partial charge in [0.25, 0.3) is 0 Å². The van der Waals surface area contributed by atoms with E-state index in [1.165, 1.54) is 18.4 Å². The van der Waals surface area contributed by atoms with Gasteiger partial charge in [-0.05, 0) is 49.5 Å². The maximum absolute atomic E-state index is 13.3. The Morgan fingerprint density at radius 3 is 1.94 bits per heavy atom. The Hall–Kier alpha value is -2.14. The fourth-order valence-electron chi connectivity index (χ4n) is 6.28. The van der Waals surface area contributed by atoms with E-state index in [4.69, 9.17) is 0 Å². The van der Waals surface area contributed by atoms with E-state index in [0.717, 1.165) is 51.7 Å². The first kappa shape index (κ1) is 20.7. The van der Waals surface area contributed by atoms with E-state index in [0.29, 0.717) is 6.04 Å². The van der Waals surface area contributed by atoms with Crippen LogP contribution in [-0.4, -0.2) is 41.9 Å². The monoisotopic (exact) mass is 421 g/mol. The molecule has 2 N–H and O–H groups in total. The average Bonchev–Trinajstić information content (AvgIpc) is 3.53. The molecule has 3 aliphatic carbocycles. The van der Waals surface area contributed by atoms with Crippen molar-refractivity contribution in [2.75, 3.05) is 13.1 Å². The Bertz CT molecular complexity index is 809. The minimum Gasteiger partial charge on any atom is -0.353 e. The number of piperidine rings is 1. The van der Waals surface area contributed by atoms with Crippen molar-refractivity contribution in [3.05, 3.63) is 48.0 Å². The minimum atomic E-state index is -0.196. The Morgan fingerprint density at radius 1 is 0.806 bits per heavy atom. The average molecular weight is 422 g/mol. The van der Waals surface area contributed by atoms with Crippen LogP contribution in [0.1, 0.15) is 50.5 Å². The number of fused-ring (bicyclic) bond motifs is 2. The van der Waals surface area contributed by atoms with Gasteiger partial charge in [-0.1, -0.05) is 55.3 Å². The van der Waals surface area contributed by atoms with E-state index in [1.807, 2.05) is 0 Å². The topological polar surface area (TPSA) is 61.4 Å². The van der Waals surface area contributed by atoms with Crippen LogP contribution in [0, 0.1) is 23.7 Å². The summed E-state index contributed by atoms with van der Waals surface area (Å²) in [5.41, 5.74) is 1.34. The minimum absolute atomic E-state index is 0.102. The van der Waals surface area contributed by atoms with E-state index in [9.17, 15) is 9.59 Å². The van der Waals surface area contributed by atoms with Gasteiger partial charge in [0.2, 0.25) is 11.8 Å². The third kappa shape index (κ3) is 4.57. The van der Waals surface area contributed by atoms with E-state index in [1.54, 1.807) is 0 Å². The molecule has 166 valence electrons. The van der Waals surface area contributed by atoms with E-state index >= 15 is 0 Å². The molecule has 1 aromatic carbocycles. The van der Waals surface area contributed by atoms with Crippen LogP contribution in [0.3, 0.4) is 0 Å². The van der Waals surface area contributed by atoms with E-state index < -0.39 is 0 Å². The molecular weight excluding hydrogens is 386 g/mol. The number of hydrogen-bond donors (Lipinski definition) is 2. The summed E-state index contributed by atoms with van der Waals surface area (Å²) in [6, 6.07) is 11.1. The van der Waals surface area contributed by atoms with Crippen molar-refractivity contribution in [2.24, 2.45) is 23.7 Å². The van der Waals surface area contributed by atoms with Gasteiger partial charge in [0, 0.05) is 31.7 Å². The quantitative estimate of drug-likeness (QED) is 0.693. The second-order valence-electron chi connectivity index (χ2n) is 10.0. The fraction of sp³-hybridized carbons (Fsp3) is 0.615. The normalized spacial score (nSPS) is 31.2. The number of carbonyl (C=O) groups excluding carboxylic acids is 2. The maximum atomic E-state index is 13.3. The fourth-order valence-corrected chi connectivity index (χ4v) is 6.28. The third-order valence-electron chi connectivity index (χ3n) is 7.95. The Balaban J connectivity index is 1.15. The molecule has 1 heterocycles. The predicted molar refractivity (Wildman–Crippen MR) is 121 cm³/mol. The number of hydrogen-bond acceptors (Lipinski definition) is 3. The van der Waals surface area contributed by atoms with Gasteiger partial charge in [0.05, 0.1) is 11.8 Å². The smallest absolute Gasteiger partial charge is 0.224 e. The van der Waals surface area contributed by atoms with Gasteiger partial charge < -0.3 is 10.6 Å². The van der Waals surface area contributed by atoms with Crippen molar-refractivity contribution < 1.29 is 9.59 Å². The summed E-state index contributed by atoms with van der Waals surface area (Å²) in [6.07, 6.45) is 11.8. The lowest BCUT2D eigenvalue weighted by Crippen LogP contribution is -2.50. The van der Waals surface area contributed by atoms with Crippen LogP contribution < -0.4 is 10.6 Å². The van der Waals surface area contributed by atoms with Crippen LogP contribution in [0.2, 0.25) is 0 Å². The molecular formula is C26H35N3O2. The number of nitrogens with zero attached hydrogens (tertiary/aromatic N) is 1. The first-order valence-electron chi connectivity index (χ1n) is 12.2. The molecule has 0 spiro atoms. The Kier molecular flexibility index (Phi) is 6.13. The second kappa shape index (κ2) is 9.15. The molecule has 5 rings (SSSR count). The summed E-state index contributed by atoms with van der Waals surface area (Å²) in [5, 5.41) is 6.59. The summed E-state index contributed by atoms with van der Waals surface area (Å²) in [6.45, 7) is 2.98. The number of benzene rings is 1. The van der Waals surface area contributed by atoms with Gasteiger partial charge in [0.15, 0.2) is 0 Å². The van der Waals surface area contributed by atoms with E-state index in [-0.39, 0.29) is 41.5 Å². The molecule has 3 fully saturated rings. The van der Waals surface area contributed by atoms with Gasteiger partial charge in [0.1, 0.15) is 0 Å². The summed E-state index contributed by atoms with van der Waals surface area (Å²) in [5.74, 6) is 0.288. The Morgan fingerprint density at radius 2 is 1.35 bits per heavy atom. The SMILES string of the molecule is O=C(NC1CCCC1)C1C2C=CC(C2)C1C(=O)NC1CCN(Cc2ccccc2)CC1. The summed E-state index contributed by atoms with van der Waals surface area (Å²) < 4.78 is 0. The van der Waals surface area contributed by atoms with Crippen molar-refractivity contribution in [1.82, 2.24) is 15.5 Å². The predicted octanol–water partition coefficient (Wildman–Crippen LogP) is 3.26. The van der Waals surface area contributed by atoms with Crippen molar-refractivity contribution in [3.63, 3.8) is 0 Å². The molecule has 4 atom stereocenters. The number of nitrogens with one attached hydrogen (secondary N) is 2. The molecule has 1 saturated heterocycles. The van der Waals surface area contributed by atoms with Crippen LogP contribution in [0.25, 0.3) is 0 Å². The lowest BCUT2D eigenvalue weighted by atomic mass is 9.81. The lowest BCUT2D eigenvalue weighted by Gasteiger charge is -2.34.